The van der Waals surface area contributed by atoms with Crippen molar-refractivity contribution >= 4 is 51.5 Å². The minimum Gasteiger partial charge on any atom is -0.381 e. The van der Waals surface area contributed by atoms with Crippen molar-refractivity contribution in [2.45, 2.75) is 38.1 Å². The molecule has 0 aliphatic carbocycles. The first-order valence-electron chi connectivity index (χ1n) is 11.0. The van der Waals surface area contributed by atoms with Gasteiger partial charge in [-0.25, -0.2) is 5.06 Å². The number of fused-ring (bicyclic) bond motifs is 1. The van der Waals surface area contributed by atoms with Crippen LogP contribution < -0.4 is 11.1 Å². The largest absolute Gasteiger partial charge is 0.381 e. The van der Waals surface area contributed by atoms with Crippen LogP contribution in [-0.2, 0) is 16.0 Å². The maximum Gasteiger partial charge on any atom is 0.250 e. The molecule has 1 heterocycles. The number of nitrogens with one attached hydrogen (secondary N) is 2. The second kappa shape index (κ2) is 11.5. The Morgan fingerprint density at radius 3 is 2.53 bits per heavy atom. The Morgan fingerprint density at radius 2 is 1.88 bits per heavy atom. The first kappa shape index (κ1) is 25.7. The Morgan fingerprint density at radius 1 is 1.21 bits per heavy atom. The number of benzene rings is 2. The normalized spacial score (nSPS) is 13.8. The van der Waals surface area contributed by atoms with E-state index in [1.807, 2.05) is 49.5 Å². The van der Waals surface area contributed by atoms with Crippen molar-refractivity contribution in [3.05, 3.63) is 70.9 Å². The Kier molecular flexibility index (Phi) is 8.66. The second-order valence-corrected chi connectivity index (χ2v) is 9.31. The zero-order chi connectivity index (χ0) is 24.8. The fourth-order valence-electron chi connectivity index (χ4n) is 4.17. The summed E-state index contributed by atoms with van der Waals surface area (Å²) in [5.41, 5.74) is 8.28. The molecule has 0 bridgehead atoms. The minimum absolute atomic E-state index is 0.0673. The van der Waals surface area contributed by atoms with Crippen molar-refractivity contribution in [2.24, 2.45) is 11.7 Å². The standard InChI is InChI=1S/C25H29ClN4O3S/c1-15(16-7-9-19(26)10-8-16)11-17(13-23(27)31)25(32)30(33)22(24(34)28-2)12-18-14-29-21-6-4-3-5-20(18)21/h3-10,14-15,17,22,29,33H,11-13H2,1-2H3,(H2,27,31)(H,28,34)/t15-,17?,22+/m1/s1. The Hall–Kier alpha value is -2.94. The number of H-pyrrole nitrogens is 1. The summed E-state index contributed by atoms with van der Waals surface area (Å²) in [5.74, 6) is -2.08. The monoisotopic (exact) mass is 500 g/mol. The highest BCUT2D eigenvalue weighted by Crippen LogP contribution is 2.28. The van der Waals surface area contributed by atoms with Crippen LogP contribution in [0.25, 0.3) is 10.9 Å². The summed E-state index contributed by atoms with van der Waals surface area (Å²) in [7, 11) is 1.65. The third kappa shape index (κ3) is 6.14. The number of primary amides is 1. The molecule has 1 unspecified atom stereocenters. The fourth-order valence-corrected chi connectivity index (χ4v) is 4.48. The summed E-state index contributed by atoms with van der Waals surface area (Å²) >= 11 is 11.4. The molecule has 2 aromatic carbocycles. The van der Waals surface area contributed by atoms with Crippen molar-refractivity contribution in [1.82, 2.24) is 15.4 Å². The predicted molar refractivity (Wildman–Crippen MR) is 138 cm³/mol. The molecule has 5 N–H and O–H groups in total. The van der Waals surface area contributed by atoms with Gasteiger partial charge in [-0.2, -0.15) is 0 Å². The number of hydrogen-bond donors (Lipinski definition) is 4. The van der Waals surface area contributed by atoms with Gasteiger partial charge in [0.25, 0.3) is 0 Å². The van der Waals surface area contributed by atoms with E-state index in [1.165, 1.54) is 0 Å². The minimum atomic E-state index is -0.812. The molecular formula is C25H29ClN4O3S. The van der Waals surface area contributed by atoms with Gasteiger partial charge in [0.2, 0.25) is 11.8 Å². The van der Waals surface area contributed by atoms with Gasteiger partial charge < -0.3 is 16.0 Å². The van der Waals surface area contributed by atoms with Crippen LogP contribution in [0.15, 0.2) is 54.7 Å². The molecule has 34 heavy (non-hydrogen) atoms. The van der Waals surface area contributed by atoms with E-state index in [0.29, 0.717) is 27.9 Å². The van der Waals surface area contributed by atoms with Crippen LogP contribution >= 0.6 is 23.8 Å². The summed E-state index contributed by atoms with van der Waals surface area (Å²) in [6.45, 7) is 1.95. The lowest BCUT2D eigenvalue weighted by Crippen LogP contribution is -2.50. The highest BCUT2D eigenvalue weighted by Gasteiger charge is 2.33. The molecular weight excluding hydrogens is 472 g/mol. The van der Waals surface area contributed by atoms with Crippen molar-refractivity contribution in [2.75, 3.05) is 7.05 Å². The molecule has 0 radical (unpaired) electrons. The number of hydroxylamine groups is 2. The topological polar surface area (TPSA) is 111 Å². The summed E-state index contributed by atoms with van der Waals surface area (Å²) in [5, 5.41) is 16.2. The first-order valence-corrected chi connectivity index (χ1v) is 11.8. The number of halogens is 1. The Labute approximate surface area is 209 Å². The number of nitrogens with zero attached hydrogens (tertiary/aromatic N) is 1. The zero-order valence-corrected chi connectivity index (χ0v) is 20.7. The van der Waals surface area contributed by atoms with E-state index in [2.05, 4.69) is 10.3 Å². The van der Waals surface area contributed by atoms with Crippen LogP contribution in [0, 0.1) is 5.92 Å². The van der Waals surface area contributed by atoms with Gasteiger partial charge in [0.05, 0.1) is 0 Å². The van der Waals surface area contributed by atoms with E-state index < -0.39 is 23.8 Å². The number of amides is 2. The number of para-hydroxylation sites is 1. The van der Waals surface area contributed by atoms with Crippen LogP contribution in [0.4, 0.5) is 0 Å². The number of nitrogens with two attached hydrogens (primary N) is 1. The van der Waals surface area contributed by atoms with Gasteiger partial charge in [-0.05, 0) is 41.7 Å². The SMILES string of the molecule is CNC(=S)[C@H](Cc1c[nH]c2ccccc12)N(O)C(=O)C(CC(N)=O)C[C@@H](C)c1ccc(Cl)cc1. The molecule has 3 aromatic rings. The van der Waals surface area contributed by atoms with Crippen molar-refractivity contribution < 1.29 is 14.8 Å². The van der Waals surface area contributed by atoms with Crippen LogP contribution in [0.2, 0.25) is 5.02 Å². The quantitative estimate of drug-likeness (QED) is 0.189. The average Bonchev–Trinajstić information content (AvgIpc) is 3.23. The van der Waals surface area contributed by atoms with Crippen molar-refractivity contribution in [3.63, 3.8) is 0 Å². The van der Waals surface area contributed by atoms with E-state index in [0.717, 1.165) is 22.0 Å². The van der Waals surface area contributed by atoms with Crippen LogP contribution in [0.1, 0.15) is 36.8 Å². The highest BCUT2D eigenvalue weighted by atomic mass is 35.5. The molecule has 0 spiro atoms. The molecule has 9 heteroatoms. The number of thiocarbonyl (C=S) groups is 1. The Bertz CT molecular complexity index is 1160. The van der Waals surface area contributed by atoms with E-state index in [4.69, 9.17) is 29.6 Å². The number of carbonyl (C=O) groups is 2. The molecule has 0 saturated heterocycles. The molecule has 7 nitrogen and oxygen atoms in total. The molecule has 1 aromatic heterocycles. The fraction of sp³-hybridized carbons (Fsp3) is 0.320. The van der Waals surface area contributed by atoms with Crippen LogP contribution in [-0.4, -0.2) is 45.1 Å². The highest BCUT2D eigenvalue weighted by molar-refractivity contribution is 7.80. The molecule has 3 rings (SSSR count). The van der Waals surface area contributed by atoms with Gasteiger partial charge >= 0.3 is 0 Å². The number of carbonyl (C=O) groups excluding carboxylic acids is 2. The number of rotatable bonds is 10. The van der Waals surface area contributed by atoms with Gasteiger partial charge in [0.15, 0.2) is 0 Å². The van der Waals surface area contributed by atoms with Crippen LogP contribution in [0.5, 0.6) is 0 Å². The first-order chi connectivity index (χ1) is 16.2. The van der Waals surface area contributed by atoms with E-state index >= 15 is 0 Å². The summed E-state index contributed by atoms with van der Waals surface area (Å²) < 4.78 is 0. The lowest BCUT2D eigenvalue weighted by molar-refractivity contribution is -0.176. The van der Waals surface area contributed by atoms with E-state index in [9.17, 15) is 14.8 Å². The maximum absolute atomic E-state index is 13.4. The molecule has 0 fully saturated rings. The predicted octanol–water partition coefficient (Wildman–Crippen LogP) is 4.18. The lowest BCUT2D eigenvalue weighted by Gasteiger charge is -2.30. The molecule has 0 aliphatic rings. The number of aromatic nitrogens is 1. The summed E-state index contributed by atoms with van der Waals surface area (Å²) in [6.07, 6.45) is 2.28. The third-order valence-electron chi connectivity index (χ3n) is 6.03. The Balaban J connectivity index is 1.83. The molecule has 0 saturated carbocycles. The van der Waals surface area contributed by atoms with Gasteiger partial charge in [-0.1, -0.05) is 61.1 Å². The third-order valence-corrected chi connectivity index (χ3v) is 6.76. The van der Waals surface area contributed by atoms with Gasteiger partial charge in [-0.3, -0.25) is 14.8 Å². The summed E-state index contributed by atoms with van der Waals surface area (Å²) in [6, 6.07) is 14.3. The van der Waals surface area contributed by atoms with Crippen molar-refractivity contribution in [3.8, 4) is 0 Å². The number of aromatic amines is 1. The van der Waals surface area contributed by atoms with Gasteiger partial charge in [0, 0.05) is 47.9 Å². The number of likely N-dealkylation sites (N-methyl/N-ethyl adjacent to an activating group) is 1. The number of hydrogen-bond acceptors (Lipinski definition) is 4. The molecule has 0 aliphatic heterocycles. The zero-order valence-electron chi connectivity index (χ0n) is 19.1. The molecule has 3 atom stereocenters. The maximum atomic E-state index is 13.4. The molecule has 180 valence electrons. The smallest absolute Gasteiger partial charge is 0.250 e. The lowest BCUT2D eigenvalue weighted by atomic mass is 9.87. The van der Waals surface area contributed by atoms with Crippen LogP contribution in [0.3, 0.4) is 0 Å². The van der Waals surface area contributed by atoms with Gasteiger partial charge in [-0.15, -0.1) is 0 Å². The van der Waals surface area contributed by atoms with Crippen molar-refractivity contribution in [1.29, 1.82) is 0 Å². The van der Waals surface area contributed by atoms with E-state index in [1.54, 1.807) is 19.2 Å². The van der Waals surface area contributed by atoms with Gasteiger partial charge in [0.1, 0.15) is 11.0 Å². The molecule has 2 amide bonds. The van der Waals surface area contributed by atoms with E-state index in [-0.39, 0.29) is 12.3 Å². The summed E-state index contributed by atoms with van der Waals surface area (Å²) in [4.78, 5) is 28.7. The average molecular weight is 501 g/mol. The second-order valence-electron chi connectivity index (χ2n) is 8.43.